The summed E-state index contributed by atoms with van der Waals surface area (Å²) in [6, 6.07) is 4.57. The van der Waals surface area contributed by atoms with Crippen LogP contribution in [0.15, 0.2) is 18.3 Å². The van der Waals surface area contributed by atoms with Crippen LogP contribution < -0.4 is 5.32 Å². The SMILES string of the molecule is Cn1cccc1C(=O)NC[C@@H]1CCC2(CN(C3CCCC3)C2)OC1. The van der Waals surface area contributed by atoms with Crippen LogP contribution in [0.5, 0.6) is 0 Å². The third kappa shape index (κ3) is 3.11. The molecule has 1 aromatic rings. The summed E-state index contributed by atoms with van der Waals surface area (Å²) in [4.78, 5) is 14.8. The van der Waals surface area contributed by atoms with Gasteiger partial charge in [-0.2, -0.15) is 0 Å². The quantitative estimate of drug-likeness (QED) is 0.920. The van der Waals surface area contributed by atoms with E-state index in [4.69, 9.17) is 4.74 Å². The highest BCUT2D eigenvalue weighted by atomic mass is 16.5. The zero-order valence-corrected chi connectivity index (χ0v) is 14.7. The predicted octanol–water partition coefficient (Wildman–Crippen LogP) is 2.18. The van der Waals surface area contributed by atoms with Crippen molar-refractivity contribution in [3.05, 3.63) is 24.0 Å². The van der Waals surface area contributed by atoms with E-state index in [1.54, 1.807) is 0 Å². The Morgan fingerprint density at radius 1 is 1.33 bits per heavy atom. The fourth-order valence-electron chi connectivity index (χ4n) is 4.57. The highest BCUT2D eigenvalue weighted by Gasteiger charge is 2.48. The molecule has 3 aliphatic rings. The monoisotopic (exact) mass is 331 g/mol. The minimum atomic E-state index is 0.0128. The van der Waals surface area contributed by atoms with Gasteiger partial charge in [-0.05, 0) is 43.7 Å². The predicted molar refractivity (Wildman–Crippen MR) is 93.0 cm³/mol. The summed E-state index contributed by atoms with van der Waals surface area (Å²) >= 11 is 0. The van der Waals surface area contributed by atoms with E-state index in [2.05, 4.69) is 10.2 Å². The lowest BCUT2D eigenvalue weighted by Gasteiger charge is -2.55. The molecule has 2 aliphatic heterocycles. The summed E-state index contributed by atoms with van der Waals surface area (Å²) < 4.78 is 8.11. The second-order valence-corrected chi connectivity index (χ2v) is 7.96. The number of amides is 1. The Morgan fingerprint density at radius 3 is 2.75 bits per heavy atom. The van der Waals surface area contributed by atoms with Crippen LogP contribution in [0.25, 0.3) is 0 Å². The zero-order chi connectivity index (χ0) is 16.6. The second-order valence-electron chi connectivity index (χ2n) is 7.96. The first-order valence-electron chi connectivity index (χ1n) is 9.43. The van der Waals surface area contributed by atoms with Crippen molar-refractivity contribution in [2.45, 2.75) is 50.2 Å². The Balaban J connectivity index is 1.20. The number of carbonyl (C=O) groups is 1. The lowest BCUT2D eigenvalue weighted by atomic mass is 9.82. The number of rotatable bonds is 4. The van der Waals surface area contributed by atoms with Gasteiger partial charge >= 0.3 is 0 Å². The molecule has 1 spiro atoms. The number of nitrogens with one attached hydrogen (secondary N) is 1. The molecule has 0 radical (unpaired) electrons. The summed E-state index contributed by atoms with van der Waals surface area (Å²) in [7, 11) is 1.90. The van der Waals surface area contributed by atoms with Crippen LogP contribution in [0.1, 0.15) is 49.0 Å². The minimum Gasteiger partial charge on any atom is -0.372 e. The first kappa shape index (κ1) is 16.2. The van der Waals surface area contributed by atoms with Gasteiger partial charge in [0, 0.05) is 38.9 Å². The molecule has 1 saturated carbocycles. The Bertz CT molecular complexity index is 575. The lowest BCUT2D eigenvalue weighted by Crippen LogP contribution is -2.67. The summed E-state index contributed by atoms with van der Waals surface area (Å²) in [5.41, 5.74) is 0.843. The number of carbonyl (C=O) groups excluding carboxylic acids is 1. The van der Waals surface area contributed by atoms with Gasteiger partial charge in [0.2, 0.25) is 0 Å². The van der Waals surface area contributed by atoms with Gasteiger partial charge in [0.15, 0.2) is 0 Å². The molecule has 132 valence electrons. The van der Waals surface area contributed by atoms with E-state index in [0.29, 0.717) is 12.5 Å². The molecule has 1 aliphatic carbocycles. The Morgan fingerprint density at radius 2 is 2.12 bits per heavy atom. The Labute approximate surface area is 144 Å². The van der Waals surface area contributed by atoms with Crippen molar-refractivity contribution < 1.29 is 9.53 Å². The molecule has 1 atom stereocenters. The van der Waals surface area contributed by atoms with Gasteiger partial charge < -0.3 is 14.6 Å². The largest absolute Gasteiger partial charge is 0.372 e. The molecule has 1 N–H and O–H groups in total. The number of likely N-dealkylation sites (tertiary alicyclic amines) is 1. The zero-order valence-electron chi connectivity index (χ0n) is 14.7. The number of aryl methyl sites for hydroxylation is 1. The maximum Gasteiger partial charge on any atom is 0.267 e. The average molecular weight is 331 g/mol. The van der Waals surface area contributed by atoms with E-state index in [-0.39, 0.29) is 11.5 Å². The van der Waals surface area contributed by atoms with E-state index in [0.717, 1.165) is 44.3 Å². The van der Waals surface area contributed by atoms with Crippen molar-refractivity contribution in [1.82, 2.24) is 14.8 Å². The molecule has 5 heteroatoms. The van der Waals surface area contributed by atoms with Gasteiger partial charge in [0.25, 0.3) is 5.91 Å². The maximum absolute atomic E-state index is 12.2. The standard InChI is InChI=1S/C19H29N3O2/c1-21-10-4-7-17(21)18(23)20-11-15-8-9-19(24-12-15)13-22(14-19)16-5-2-3-6-16/h4,7,10,15-16H,2-3,5-6,8-9,11-14H2,1H3,(H,20,23)/t15-/m0/s1. The summed E-state index contributed by atoms with van der Waals surface area (Å²) in [5, 5.41) is 3.06. The molecule has 3 heterocycles. The van der Waals surface area contributed by atoms with E-state index in [1.165, 1.54) is 25.7 Å². The van der Waals surface area contributed by atoms with E-state index in [9.17, 15) is 4.79 Å². The minimum absolute atomic E-state index is 0.0128. The fourth-order valence-corrected chi connectivity index (χ4v) is 4.57. The Kier molecular flexibility index (Phi) is 4.39. The highest BCUT2D eigenvalue weighted by Crippen LogP contribution is 2.39. The summed E-state index contributed by atoms with van der Waals surface area (Å²) in [6.07, 6.45) is 9.76. The summed E-state index contributed by atoms with van der Waals surface area (Å²) in [5.74, 6) is 0.458. The summed E-state index contributed by atoms with van der Waals surface area (Å²) in [6.45, 7) is 3.75. The van der Waals surface area contributed by atoms with E-state index < -0.39 is 0 Å². The van der Waals surface area contributed by atoms with Crippen LogP contribution >= 0.6 is 0 Å². The molecule has 2 saturated heterocycles. The highest BCUT2D eigenvalue weighted by molar-refractivity contribution is 5.92. The van der Waals surface area contributed by atoms with Crippen molar-refractivity contribution in [3.8, 4) is 0 Å². The van der Waals surface area contributed by atoms with E-state index >= 15 is 0 Å². The molecule has 5 nitrogen and oxygen atoms in total. The first-order chi connectivity index (χ1) is 11.7. The smallest absolute Gasteiger partial charge is 0.267 e. The van der Waals surface area contributed by atoms with Crippen molar-refractivity contribution >= 4 is 5.91 Å². The first-order valence-corrected chi connectivity index (χ1v) is 9.43. The fraction of sp³-hybridized carbons (Fsp3) is 0.737. The van der Waals surface area contributed by atoms with Gasteiger partial charge in [-0.1, -0.05) is 12.8 Å². The molecule has 4 rings (SSSR count). The molecule has 0 aromatic carbocycles. The van der Waals surface area contributed by atoms with Gasteiger partial charge in [0.05, 0.1) is 12.2 Å². The molecule has 3 fully saturated rings. The van der Waals surface area contributed by atoms with Gasteiger partial charge in [-0.15, -0.1) is 0 Å². The molecular weight excluding hydrogens is 302 g/mol. The van der Waals surface area contributed by atoms with Gasteiger partial charge in [-0.3, -0.25) is 9.69 Å². The van der Waals surface area contributed by atoms with E-state index in [1.807, 2.05) is 29.9 Å². The molecule has 0 bridgehead atoms. The van der Waals surface area contributed by atoms with Crippen LogP contribution in [0.4, 0.5) is 0 Å². The number of hydrogen-bond acceptors (Lipinski definition) is 3. The number of hydrogen-bond donors (Lipinski definition) is 1. The molecule has 1 aromatic heterocycles. The third-order valence-electron chi connectivity index (χ3n) is 6.18. The molecular formula is C19H29N3O2. The van der Waals surface area contributed by atoms with Crippen LogP contribution in [0, 0.1) is 5.92 Å². The van der Waals surface area contributed by atoms with Crippen LogP contribution in [-0.2, 0) is 11.8 Å². The molecule has 0 unspecified atom stereocenters. The molecule has 24 heavy (non-hydrogen) atoms. The topological polar surface area (TPSA) is 46.5 Å². The number of ether oxygens (including phenoxy) is 1. The lowest BCUT2D eigenvalue weighted by molar-refractivity contribution is -0.188. The van der Waals surface area contributed by atoms with Crippen LogP contribution in [-0.4, -0.2) is 53.3 Å². The van der Waals surface area contributed by atoms with Crippen molar-refractivity contribution in [2.75, 3.05) is 26.2 Å². The van der Waals surface area contributed by atoms with Crippen molar-refractivity contribution in [2.24, 2.45) is 13.0 Å². The van der Waals surface area contributed by atoms with Gasteiger partial charge in [0.1, 0.15) is 5.69 Å². The second kappa shape index (κ2) is 6.52. The van der Waals surface area contributed by atoms with Crippen LogP contribution in [0.3, 0.4) is 0 Å². The molecule has 1 amide bonds. The average Bonchev–Trinajstić information content (AvgIpc) is 3.22. The number of aromatic nitrogens is 1. The Hall–Kier alpha value is -1.33. The van der Waals surface area contributed by atoms with Crippen molar-refractivity contribution in [1.29, 1.82) is 0 Å². The number of nitrogens with zero attached hydrogens (tertiary/aromatic N) is 2. The van der Waals surface area contributed by atoms with Gasteiger partial charge in [-0.25, -0.2) is 0 Å². The third-order valence-corrected chi connectivity index (χ3v) is 6.18. The normalized spacial score (nSPS) is 27.3. The van der Waals surface area contributed by atoms with Crippen LogP contribution in [0.2, 0.25) is 0 Å². The maximum atomic E-state index is 12.2. The van der Waals surface area contributed by atoms with Crippen molar-refractivity contribution in [3.63, 3.8) is 0 Å².